The molecule has 3 heterocycles. The second-order valence-electron chi connectivity index (χ2n) is 6.34. The molecule has 0 saturated carbocycles. The van der Waals surface area contributed by atoms with Crippen molar-refractivity contribution in [1.29, 1.82) is 0 Å². The molecule has 1 fully saturated rings. The first-order chi connectivity index (χ1) is 12.1. The summed E-state index contributed by atoms with van der Waals surface area (Å²) < 4.78 is 1.65. The normalized spacial score (nSPS) is 15.0. The fraction of sp³-hybridized carbons (Fsp3) is 0.333. The minimum absolute atomic E-state index is 0.0348. The van der Waals surface area contributed by atoms with Gasteiger partial charge in [0.2, 0.25) is 0 Å². The van der Waals surface area contributed by atoms with Gasteiger partial charge in [0.05, 0.1) is 17.5 Å². The first-order valence-electron chi connectivity index (χ1n) is 8.38. The van der Waals surface area contributed by atoms with Crippen molar-refractivity contribution in [3.8, 4) is 0 Å². The summed E-state index contributed by atoms with van der Waals surface area (Å²) >= 11 is 0. The fourth-order valence-electron chi connectivity index (χ4n) is 3.29. The molecule has 0 atom stereocenters. The van der Waals surface area contributed by atoms with Crippen LogP contribution in [0.4, 0.5) is 5.82 Å². The van der Waals surface area contributed by atoms with E-state index in [1.165, 1.54) is 0 Å². The Kier molecular flexibility index (Phi) is 3.83. The van der Waals surface area contributed by atoms with Gasteiger partial charge in [0.1, 0.15) is 0 Å². The number of rotatable bonds is 2. The van der Waals surface area contributed by atoms with Gasteiger partial charge < -0.3 is 9.80 Å². The van der Waals surface area contributed by atoms with Crippen molar-refractivity contribution in [3.63, 3.8) is 0 Å². The van der Waals surface area contributed by atoms with Crippen LogP contribution < -0.4 is 4.90 Å². The van der Waals surface area contributed by atoms with Gasteiger partial charge in [-0.2, -0.15) is 10.2 Å². The van der Waals surface area contributed by atoms with Gasteiger partial charge in [-0.25, -0.2) is 0 Å². The number of nitrogens with zero attached hydrogens (tertiary/aromatic N) is 6. The monoisotopic (exact) mass is 336 g/mol. The predicted octanol–water partition coefficient (Wildman–Crippen LogP) is 1.63. The van der Waals surface area contributed by atoms with Crippen LogP contribution in [0.3, 0.4) is 0 Å². The third kappa shape index (κ3) is 2.82. The standard InChI is InChI=1S/C18H20N6O/c1-13-15-5-3-4-6-16(15)17(21-20-13)23-7-9-24(10-8-23)18(25)14-11-19-22(2)12-14/h3-6,11-12H,7-10H2,1-2H3. The number of carbonyl (C=O) groups is 1. The number of carbonyl (C=O) groups excluding carboxylic acids is 1. The van der Waals surface area contributed by atoms with Crippen LogP contribution in [0.1, 0.15) is 16.1 Å². The lowest BCUT2D eigenvalue weighted by atomic mass is 10.1. The number of hydrogen-bond acceptors (Lipinski definition) is 5. The zero-order valence-corrected chi connectivity index (χ0v) is 14.4. The molecular formula is C18H20N6O. The Hall–Kier alpha value is -2.96. The largest absolute Gasteiger partial charge is 0.351 e. The molecule has 0 aliphatic carbocycles. The average Bonchev–Trinajstić information content (AvgIpc) is 3.08. The number of aryl methyl sites for hydroxylation is 2. The minimum atomic E-state index is 0.0348. The van der Waals surface area contributed by atoms with E-state index < -0.39 is 0 Å². The molecule has 3 aromatic rings. The Balaban J connectivity index is 1.53. The van der Waals surface area contributed by atoms with Crippen LogP contribution in [0, 0.1) is 6.92 Å². The molecule has 0 spiro atoms. The molecular weight excluding hydrogens is 316 g/mol. The molecule has 7 nitrogen and oxygen atoms in total. The average molecular weight is 336 g/mol. The van der Waals surface area contributed by atoms with Crippen LogP contribution in [0.25, 0.3) is 10.8 Å². The highest BCUT2D eigenvalue weighted by Gasteiger charge is 2.24. The number of hydrogen-bond donors (Lipinski definition) is 0. The molecule has 1 amide bonds. The van der Waals surface area contributed by atoms with Crippen molar-refractivity contribution in [2.24, 2.45) is 7.05 Å². The number of aromatic nitrogens is 4. The lowest BCUT2D eigenvalue weighted by molar-refractivity contribution is 0.0746. The van der Waals surface area contributed by atoms with E-state index in [4.69, 9.17) is 0 Å². The Labute approximate surface area is 145 Å². The highest BCUT2D eigenvalue weighted by Crippen LogP contribution is 2.26. The van der Waals surface area contributed by atoms with Crippen LogP contribution >= 0.6 is 0 Å². The van der Waals surface area contributed by atoms with Crippen molar-refractivity contribution in [1.82, 2.24) is 24.9 Å². The molecule has 25 heavy (non-hydrogen) atoms. The van der Waals surface area contributed by atoms with E-state index in [0.717, 1.165) is 35.4 Å². The number of fused-ring (bicyclic) bond motifs is 1. The molecule has 0 unspecified atom stereocenters. The number of benzene rings is 1. The van der Waals surface area contributed by atoms with E-state index in [1.807, 2.05) is 31.0 Å². The van der Waals surface area contributed by atoms with E-state index in [2.05, 4.69) is 32.3 Å². The number of anilines is 1. The van der Waals surface area contributed by atoms with E-state index in [-0.39, 0.29) is 5.91 Å². The van der Waals surface area contributed by atoms with Gasteiger partial charge in [-0.1, -0.05) is 24.3 Å². The molecule has 2 aromatic heterocycles. The van der Waals surface area contributed by atoms with Gasteiger partial charge in [-0.05, 0) is 6.92 Å². The second kappa shape index (κ2) is 6.16. The van der Waals surface area contributed by atoms with Crippen LogP contribution in [0.5, 0.6) is 0 Å². The van der Waals surface area contributed by atoms with E-state index in [1.54, 1.807) is 17.1 Å². The van der Waals surface area contributed by atoms with Gasteiger partial charge in [-0.15, -0.1) is 5.10 Å². The molecule has 1 aromatic carbocycles. The summed E-state index contributed by atoms with van der Waals surface area (Å²) in [6.45, 7) is 4.79. The van der Waals surface area contributed by atoms with Gasteiger partial charge in [-0.3, -0.25) is 9.48 Å². The molecule has 0 N–H and O–H groups in total. The summed E-state index contributed by atoms with van der Waals surface area (Å²) in [6.07, 6.45) is 3.38. The van der Waals surface area contributed by atoms with Crippen molar-refractivity contribution >= 4 is 22.5 Å². The molecule has 4 rings (SSSR count). The first kappa shape index (κ1) is 15.6. The maximum absolute atomic E-state index is 12.5. The molecule has 1 saturated heterocycles. The quantitative estimate of drug-likeness (QED) is 0.712. The SMILES string of the molecule is Cc1nnc(N2CCN(C(=O)c3cnn(C)c3)CC2)c2ccccc12. The number of piperazine rings is 1. The zero-order valence-electron chi connectivity index (χ0n) is 14.4. The van der Waals surface area contributed by atoms with Crippen molar-refractivity contribution in [3.05, 3.63) is 47.9 Å². The topological polar surface area (TPSA) is 67.2 Å². The van der Waals surface area contributed by atoms with Crippen molar-refractivity contribution < 1.29 is 4.79 Å². The lowest BCUT2D eigenvalue weighted by Gasteiger charge is -2.35. The number of amides is 1. The maximum atomic E-state index is 12.5. The summed E-state index contributed by atoms with van der Waals surface area (Å²) in [6, 6.07) is 8.20. The molecule has 0 bridgehead atoms. The van der Waals surface area contributed by atoms with E-state index >= 15 is 0 Å². The summed E-state index contributed by atoms with van der Waals surface area (Å²) in [7, 11) is 1.82. The zero-order chi connectivity index (χ0) is 17.4. The van der Waals surface area contributed by atoms with Crippen LogP contribution in [0.2, 0.25) is 0 Å². The Morgan fingerprint density at radius 2 is 1.76 bits per heavy atom. The summed E-state index contributed by atoms with van der Waals surface area (Å²) in [5.74, 6) is 0.933. The molecule has 7 heteroatoms. The van der Waals surface area contributed by atoms with Gasteiger partial charge in [0.15, 0.2) is 5.82 Å². The van der Waals surface area contributed by atoms with Crippen LogP contribution in [-0.2, 0) is 7.05 Å². The first-order valence-corrected chi connectivity index (χ1v) is 8.38. The van der Waals surface area contributed by atoms with E-state index in [0.29, 0.717) is 18.7 Å². The minimum Gasteiger partial charge on any atom is -0.351 e. The third-order valence-corrected chi connectivity index (χ3v) is 4.67. The predicted molar refractivity (Wildman–Crippen MR) is 95.6 cm³/mol. The van der Waals surface area contributed by atoms with Gasteiger partial charge >= 0.3 is 0 Å². The molecule has 0 radical (unpaired) electrons. The van der Waals surface area contributed by atoms with Crippen LogP contribution in [-0.4, -0.2) is 57.0 Å². The highest BCUT2D eigenvalue weighted by atomic mass is 16.2. The van der Waals surface area contributed by atoms with Gasteiger partial charge in [0.25, 0.3) is 5.91 Å². The van der Waals surface area contributed by atoms with Crippen molar-refractivity contribution in [2.45, 2.75) is 6.92 Å². The Bertz CT molecular complexity index is 926. The fourth-order valence-corrected chi connectivity index (χ4v) is 3.29. The summed E-state index contributed by atoms with van der Waals surface area (Å²) in [5, 5.41) is 15.0. The molecule has 1 aliphatic rings. The lowest BCUT2D eigenvalue weighted by Crippen LogP contribution is -2.49. The molecule has 1 aliphatic heterocycles. The molecule has 128 valence electrons. The third-order valence-electron chi connectivity index (χ3n) is 4.67. The van der Waals surface area contributed by atoms with Gasteiger partial charge in [0, 0.05) is 50.2 Å². The summed E-state index contributed by atoms with van der Waals surface area (Å²) in [4.78, 5) is 16.6. The second-order valence-corrected chi connectivity index (χ2v) is 6.34. The van der Waals surface area contributed by atoms with Crippen LogP contribution in [0.15, 0.2) is 36.7 Å². The van der Waals surface area contributed by atoms with Crippen molar-refractivity contribution in [2.75, 3.05) is 31.1 Å². The smallest absolute Gasteiger partial charge is 0.257 e. The maximum Gasteiger partial charge on any atom is 0.257 e. The van der Waals surface area contributed by atoms with E-state index in [9.17, 15) is 4.79 Å². The Morgan fingerprint density at radius 3 is 2.44 bits per heavy atom. The Morgan fingerprint density at radius 1 is 1.04 bits per heavy atom. The summed E-state index contributed by atoms with van der Waals surface area (Å²) in [5.41, 5.74) is 1.57. The highest BCUT2D eigenvalue weighted by molar-refractivity contribution is 5.95.